The summed E-state index contributed by atoms with van der Waals surface area (Å²) in [4.78, 5) is 0. The van der Waals surface area contributed by atoms with Crippen LogP contribution in [-0.2, 0) is 7.80 Å². The van der Waals surface area contributed by atoms with Gasteiger partial charge in [-0.15, -0.1) is 0 Å². The zero-order valence-electron chi connectivity index (χ0n) is 8.55. The predicted molar refractivity (Wildman–Crippen MR) is 47.1 cm³/mol. The molecule has 2 rings (SSSR count). The van der Waals surface area contributed by atoms with Crippen LogP contribution in [0.4, 0.5) is 0 Å². The van der Waals surface area contributed by atoms with Gasteiger partial charge in [0.25, 0.3) is 0 Å². The van der Waals surface area contributed by atoms with E-state index in [1.54, 1.807) is 0 Å². The molecule has 2 nitrogen and oxygen atoms in total. The second-order valence-corrected chi connectivity index (χ2v) is 7.32. The minimum atomic E-state index is -0.0601. The molecule has 0 bridgehead atoms. The van der Waals surface area contributed by atoms with E-state index in [9.17, 15) is 0 Å². The van der Waals surface area contributed by atoms with Crippen LogP contribution in [0.5, 0.6) is 0 Å². The van der Waals surface area contributed by atoms with Gasteiger partial charge in [0, 0.05) is 0 Å². The number of ether oxygens (including phenoxy) is 1. The molecule has 13 heavy (non-hydrogen) atoms. The summed E-state index contributed by atoms with van der Waals surface area (Å²) >= 11 is -0.0601. The fraction of sp³-hybridized carbons (Fsp3) is 1.00. The molecule has 2 fully saturated rings. The van der Waals surface area contributed by atoms with Gasteiger partial charge < -0.3 is 0 Å². The van der Waals surface area contributed by atoms with Crippen molar-refractivity contribution in [2.45, 2.75) is 48.7 Å². The van der Waals surface area contributed by atoms with Crippen molar-refractivity contribution in [3.63, 3.8) is 0 Å². The SMILES string of the molecule is CO[I-]C1CC2(CC2)O[C@@H](C)[C@H]1C. The van der Waals surface area contributed by atoms with Crippen molar-refractivity contribution in [2.75, 3.05) is 7.11 Å². The molecule has 0 amide bonds. The second kappa shape index (κ2) is 3.66. The van der Waals surface area contributed by atoms with E-state index in [1.165, 1.54) is 19.3 Å². The molecule has 1 unspecified atom stereocenters. The van der Waals surface area contributed by atoms with Gasteiger partial charge in [-0.05, 0) is 0 Å². The van der Waals surface area contributed by atoms with E-state index in [0.717, 1.165) is 3.92 Å². The average molecular weight is 297 g/mol. The molecule has 3 atom stereocenters. The molecule has 78 valence electrons. The molecular weight excluding hydrogens is 279 g/mol. The molecular formula is C10H18IO2-. The summed E-state index contributed by atoms with van der Waals surface area (Å²) in [6.07, 6.45) is 4.28. The van der Waals surface area contributed by atoms with Gasteiger partial charge in [0.1, 0.15) is 0 Å². The van der Waals surface area contributed by atoms with E-state index in [1.807, 2.05) is 7.11 Å². The molecule has 1 aliphatic heterocycles. The van der Waals surface area contributed by atoms with Crippen molar-refractivity contribution in [1.29, 1.82) is 0 Å². The molecule has 1 aliphatic carbocycles. The summed E-state index contributed by atoms with van der Waals surface area (Å²) in [6.45, 7) is 4.53. The Morgan fingerprint density at radius 2 is 2.08 bits per heavy atom. The summed E-state index contributed by atoms with van der Waals surface area (Å²) in [6, 6.07) is 0. The van der Waals surface area contributed by atoms with E-state index in [2.05, 4.69) is 13.8 Å². The second-order valence-electron chi connectivity index (χ2n) is 4.33. The number of hydrogen-bond donors (Lipinski definition) is 0. The molecule has 0 aromatic carbocycles. The first-order chi connectivity index (χ1) is 6.17. The van der Waals surface area contributed by atoms with Crippen molar-refractivity contribution in [2.24, 2.45) is 5.92 Å². The zero-order valence-corrected chi connectivity index (χ0v) is 10.7. The summed E-state index contributed by atoms with van der Waals surface area (Å²) in [5.74, 6) is 0.693. The molecule has 0 aromatic rings. The summed E-state index contributed by atoms with van der Waals surface area (Å²) in [5, 5.41) is 0. The number of alkyl halides is 1. The Morgan fingerprint density at radius 1 is 1.38 bits per heavy atom. The van der Waals surface area contributed by atoms with Gasteiger partial charge in [0.05, 0.1) is 0 Å². The zero-order chi connectivity index (χ0) is 9.47. The van der Waals surface area contributed by atoms with E-state index >= 15 is 0 Å². The fourth-order valence-electron chi connectivity index (χ4n) is 2.07. The standard InChI is InChI=1S/C10H18IO2/c1-7-8(2)13-10(4-5-10)6-9(7)11-12-3/h7-9H,4-6H2,1-3H3/q-1/t7-,8+,9?/m1/s1. The maximum atomic E-state index is 6.04. The van der Waals surface area contributed by atoms with E-state index < -0.39 is 0 Å². The molecule has 0 radical (unpaired) electrons. The van der Waals surface area contributed by atoms with Crippen molar-refractivity contribution in [3.8, 4) is 0 Å². The summed E-state index contributed by atoms with van der Waals surface area (Å²) in [7, 11) is 1.85. The topological polar surface area (TPSA) is 18.5 Å². The first kappa shape index (κ1) is 10.2. The van der Waals surface area contributed by atoms with Crippen LogP contribution in [0.3, 0.4) is 0 Å². The van der Waals surface area contributed by atoms with E-state index in [0.29, 0.717) is 17.6 Å². The Hall–Kier alpha value is 0.650. The molecule has 2 aliphatic rings. The molecule has 0 aromatic heterocycles. The Labute approximate surface area is 91.2 Å². The van der Waals surface area contributed by atoms with E-state index in [4.69, 9.17) is 7.80 Å². The van der Waals surface area contributed by atoms with Gasteiger partial charge in [-0.1, -0.05) is 0 Å². The third-order valence-electron chi connectivity index (χ3n) is 3.33. The third-order valence-corrected chi connectivity index (χ3v) is 6.06. The van der Waals surface area contributed by atoms with Gasteiger partial charge in [-0.2, -0.15) is 0 Å². The van der Waals surface area contributed by atoms with Crippen molar-refractivity contribution in [1.82, 2.24) is 0 Å². The normalized spacial score (nSPS) is 42.5. The first-order valence-electron chi connectivity index (χ1n) is 5.01. The fourth-order valence-corrected chi connectivity index (χ4v) is 4.76. The van der Waals surface area contributed by atoms with Crippen LogP contribution in [0.1, 0.15) is 33.1 Å². The van der Waals surface area contributed by atoms with Crippen molar-refractivity contribution in [3.05, 3.63) is 0 Å². The summed E-state index contributed by atoms with van der Waals surface area (Å²) in [5.41, 5.74) is 0.300. The maximum absolute atomic E-state index is 6.04. The van der Waals surface area contributed by atoms with Gasteiger partial charge >= 0.3 is 91.2 Å². The van der Waals surface area contributed by atoms with Crippen LogP contribution in [0.2, 0.25) is 0 Å². The Morgan fingerprint density at radius 3 is 2.62 bits per heavy atom. The molecule has 1 saturated heterocycles. The predicted octanol–water partition coefficient (Wildman–Crippen LogP) is -1.02. The monoisotopic (exact) mass is 297 g/mol. The van der Waals surface area contributed by atoms with Crippen molar-refractivity contribution < 1.29 is 29.4 Å². The summed E-state index contributed by atoms with van der Waals surface area (Å²) < 4.78 is 12.2. The molecule has 3 heteroatoms. The molecule has 1 spiro atoms. The van der Waals surface area contributed by atoms with Gasteiger partial charge in [-0.3, -0.25) is 0 Å². The van der Waals surface area contributed by atoms with Gasteiger partial charge in [0.15, 0.2) is 0 Å². The molecule has 1 heterocycles. The minimum absolute atomic E-state index is 0.0601. The van der Waals surface area contributed by atoms with Gasteiger partial charge in [-0.25, -0.2) is 0 Å². The number of hydrogen-bond acceptors (Lipinski definition) is 2. The van der Waals surface area contributed by atoms with Crippen LogP contribution in [0.25, 0.3) is 0 Å². The Kier molecular flexibility index (Phi) is 2.87. The van der Waals surface area contributed by atoms with E-state index in [-0.39, 0.29) is 21.6 Å². The first-order valence-corrected chi connectivity index (χ1v) is 7.14. The number of halogens is 1. The average Bonchev–Trinajstić information content (AvgIpc) is 2.81. The van der Waals surface area contributed by atoms with Crippen molar-refractivity contribution >= 4 is 0 Å². The van der Waals surface area contributed by atoms with Crippen LogP contribution in [0.15, 0.2) is 0 Å². The van der Waals surface area contributed by atoms with Crippen LogP contribution >= 0.6 is 0 Å². The van der Waals surface area contributed by atoms with Crippen LogP contribution in [0, 0.1) is 5.92 Å². The van der Waals surface area contributed by atoms with Gasteiger partial charge in [0.2, 0.25) is 0 Å². The Balaban J connectivity index is 1.99. The van der Waals surface area contributed by atoms with Crippen LogP contribution in [-0.4, -0.2) is 22.7 Å². The quantitative estimate of drug-likeness (QED) is 0.480. The number of rotatable bonds is 2. The molecule has 1 saturated carbocycles. The Bertz CT molecular complexity index is 191. The molecule has 0 N–H and O–H groups in total. The third kappa shape index (κ3) is 2.02. The van der Waals surface area contributed by atoms with Crippen LogP contribution < -0.4 is 21.6 Å².